The summed E-state index contributed by atoms with van der Waals surface area (Å²) >= 11 is 11.5. The molecule has 1 fully saturated rings. The van der Waals surface area contributed by atoms with Gasteiger partial charge in [0.2, 0.25) is 5.91 Å². The molecule has 1 heterocycles. The van der Waals surface area contributed by atoms with E-state index in [9.17, 15) is 9.59 Å². The minimum Gasteiger partial charge on any atom is -0.494 e. The van der Waals surface area contributed by atoms with E-state index in [1.807, 2.05) is 30.9 Å². The van der Waals surface area contributed by atoms with Crippen LogP contribution < -0.4 is 10.1 Å². The van der Waals surface area contributed by atoms with Gasteiger partial charge in [-0.05, 0) is 68.0 Å². The maximum absolute atomic E-state index is 12.9. The minimum atomic E-state index is -0.643. The summed E-state index contributed by atoms with van der Waals surface area (Å²) in [5.41, 5.74) is 1.61. The molecule has 0 bridgehead atoms. The highest BCUT2D eigenvalue weighted by atomic mass is 35.5. The third-order valence-corrected chi connectivity index (χ3v) is 5.52. The molecular weight excluding hydrogens is 422 g/mol. The normalized spacial score (nSPS) is 16.2. The fraction of sp³-hybridized carbons (Fsp3) is 0.318. The lowest BCUT2D eigenvalue weighted by Crippen LogP contribution is -2.37. The van der Waals surface area contributed by atoms with Crippen LogP contribution in [0.25, 0.3) is 0 Å². The molecule has 1 atom stereocenters. The average Bonchev–Trinajstić information content (AvgIpc) is 2.94. The highest BCUT2D eigenvalue weighted by Gasteiger charge is 2.42. The van der Waals surface area contributed by atoms with Gasteiger partial charge in [-0.15, -0.1) is 0 Å². The van der Waals surface area contributed by atoms with Crippen molar-refractivity contribution in [3.05, 3.63) is 59.1 Å². The average molecular weight is 446 g/mol. The Kier molecular flexibility index (Phi) is 7.29. The molecule has 2 amide bonds. The molecule has 2 aromatic carbocycles. The number of thiocarbonyl (C=S) groups is 1. The van der Waals surface area contributed by atoms with E-state index < -0.39 is 6.04 Å². The van der Waals surface area contributed by atoms with Crippen molar-refractivity contribution in [3.63, 3.8) is 0 Å². The maximum Gasteiger partial charge on any atom is 0.252 e. The minimum absolute atomic E-state index is 0.0102. The standard InChI is InChI=1S/C22H24ClN3O3S/c1-3-25-21(28)19(26(22(25)30)14-15-5-7-16(23)8-6-15)13-20(27)24-17-9-11-18(12-10-17)29-4-2/h5-12,19H,3-4,13-14H2,1-2H3,(H,24,27). The molecule has 1 aliphatic rings. The van der Waals surface area contributed by atoms with Crippen LogP contribution in [0.15, 0.2) is 48.5 Å². The topological polar surface area (TPSA) is 61.9 Å². The highest BCUT2D eigenvalue weighted by Crippen LogP contribution is 2.24. The number of nitrogens with zero attached hydrogens (tertiary/aromatic N) is 2. The molecule has 1 saturated heterocycles. The zero-order valence-electron chi connectivity index (χ0n) is 16.9. The van der Waals surface area contributed by atoms with Gasteiger partial charge in [-0.3, -0.25) is 14.5 Å². The van der Waals surface area contributed by atoms with Gasteiger partial charge in [-0.25, -0.2) is 0 Å². The molecule has 0 aromatic heterocycles. The van der Waals surface area contributed by atoms with Crippen molar-refractivity contribution in [3.8, 4) is 5.75 Å². The number of hydrogen-bond donors (Lipinski definition) is 1. The van der Waals surface area contributed by atoms with Gasteiger partial charge in [0.1, 0.15) is 11.8 Å². The predicted octanol–water partition coefficient (Wildman–Crippen LogP) is 4.09. The number of halogens is 1. The predicted molar refractivity (Wildman–Crippen MR) is 122 cm³/mol. The first-order valence-corrected chi connectivity index (χ1v) is 10.6. The molecule has 0 saturated carbocycles. The van der Waals surface area contributed by atoms with E-state index in [2.05, 4.69) is 5.32 Å². The molecule has 30 heavy (non-hydrogen) atoms. The lowest BCUT2D eigenvalue weighted by molar-refractivity contribution is -0.130. The molecule has 1 unspecified atom stereocenters. The Morgan fingerprint density at radius 3 is 2.40 bits per heavy atom. The van der Waals surface area contributed by atoms with Crippen LogP contribution in [-0.4, -0.2) is 45.9 Å². The first-order chi connectivity index (χ1) is 14.4. The van der Waals surface area contributed by atoms with Gasteiger partial charge in [-0.2, -0.15) is 0 Å². The summed E-state index contributed by atoms with van der Waals surface area (Å²) in [5, 5.41) is 3.93. The van der Waals surface area contributed by atoms with Gasteiger partial charge in [-0.1, -0.05) is 23.7 Å². The SMILES string of the molecule is CCOc1ccc(NC(=O)CC2C(=O)N(CC)C(=S)N2Cc2ccc(Cl)cc2)cc1. The third-order valence-electron chi connectivity index (χ3n) is 4.81. The Morgan fingerprint density at radius 2 is 1.80 bits per heavy atom. The number of benzene rings is 2. The summed E-state index contributed by atoms with van der Waals surface area (Å²) in [7, 11) is 0. The van der Waals surface area contributed by atoms with E-state index in [4.69, 9.17) is 28.6 Å². The van der Waals surface area contributed by atoms with Crippen LogP contribution in [0.3, 0.4) is 0 Å². The smallest absolute Gasteiger partial charge is 0.252 e. The molecule has 2 aromatic rings. The van der Waals surface area contributed by atoms with Crippen molar-refractivity contribution in [1.29, 1.82) is 0 Å². The van der Waals surface area contributed by atoms with E-state index in [0.29, 0.717) is 35.5 Å². The lowest BCUT2D eigenvalue weighted by atomic mass is 10.1. The van der Waals surface area contributed by atoms with Crippen LogP contribution >= 0.6 is 23.8 Å². The van der Waals surface area contributed by atoms with Gasteiger partial charge in [0.05, 0.1) is 13.0 Å². The molecule has 6 nitrogen and oxygen atoms in total. The number of carbonyl (C=O) groups excluding carboxylic acids is 2. The van der Waals surface area contributed by atoms with Crippen molar-refractivity contribution in [2.24, 2.45) is 0 Å². The summed E-state index contributed by atoms with van der Waals surface area (Å²) in [4.78, 5) is 28.9. The molecule has 1 N–H and O–H groups in total. The van der Waals surface area contributed by atoms with Gasteiger partial charge in [0.25, 0.3) is 5.91 Å². The highest BCUT2D eigenvalue weighted by molar-refractivity contribution is 7.80. The number of likely N-dealkylation sites (N-methyl/N-ethyl adjacent to an activating group) is 1. The van der Waals surface area contributed by atoms with Crippen molar-refractivity contribution in [2.45, 2.75) is 32.9 Å². The lowest BCUT2D eigenvalue weighted by Gasteiger charge is -2.24. The molecule has 1 aliphatic heterocycles. The Balaban J connectivity index is 1.71. The van der Waals surface area contributed by atoms with Gasteiger partial charge in [0, 0.05) is 23.8 Å². The molecule has 158 valence electrons. The third kappa shape index (κ3) is 5.09. The Morgan fingerprint density at radius 1 is 1.13 bits per heavy atom. The number of anilines is 1. The Bertz CT molecular complexity index is 918. The fourth-order valence-corrected chi connectivity index (χ4v) is 3.87. The zero-order chi connectivity index (χ0) is 21.7. The molecule has 0 aliphatic carbocycles. The molecule has 0 spiro atoms. The van der Waals surface area contributed by atoms with Gasteiger partial charge >= 0.3 is 0 Å². The number of ether oxygens (including phenoxy) is 1. The van der Waals surface area contributed by atoms with E-state index in [0.717, 1.165) is 11.3 Å². The zero-order valence-corrected chi connectivity index (χ0v) is 18.5. The van der Waals surface area contributed by atoms with E-state index in [1.165, 1.54) is 0 Å². The second-order valence-electron chi connectivity index (χ2n) is 6.84. The van der Waals surface area contributed by atoms with E-state index in [1.54, 1.807) is 41.3 Å². The van der Waals surface area contributed by atoms with Crippen molar-refractivity contribution >= 4 is 46.4 Å². The molecule has 0 radical (unpaired) electrons. The number of nitrogens with one attached hydrogen (secondary N) is 1. The largest absolute Gasteiger partial charge is 0.494 e. The summed E-state index contributed by atoms with van der Waals surface area (Å²) < 4.78 is 5.41. The Hall–Kier alpha value is -2.64. The van der Waals surface area contributed by atoms with Crippen LogP contribution in [0.4, 0.5) is 5.69 Å². The van der Waals surface area contributed by atoms with Crippen molar-refractivity contribution in [2.75, 3.05) is 18.5 Å². The molecule has 3 rings (SSSR count). The van der Waals surface area contributed by atoms with Gasteiger partial charge < -0.3 is 15.0 Å². The number of carbonyl (C=O) groups is 2. The first kappa shape index (κ1) is 22.1. The quantitative estimate of drug-likeness (QED) is 0.620. The number of amides is 2. The number of rotatable bonds is 8. The van der Waals surface area contributed by atoms with Crippen LogP contribution in [0.1, 0.15) is 25.8 Å². The van der Waals surface area contributed by atoms with E-state index in [-0.39, 0.29) is 18.2 Å². The summed E-state index contributed by atoms with van der Waals surface area (Å²) in [6, 6.07) is 13.9. The second-order valence-corrected chi connectivity index (χ2v) is 7.65. The Labute approximate surface area is 186 Å². The summed E-state index contributed by atoms with van der Waals surface area (Å²) in [5.74, 6) is 0.331. The molecule has 8 heteroatoms. The first-order valence-electron chi connectivity index (χ1n) is 9.82. The van der Waals surface area contributed by atoms with Crippen molar-refractivity contribution < 1.29 is 14.3 Å². The second kappa shape index (κ2) is 9.91. The fourth-order valence-electron chi connectivity index (χ4n) is 3.34. The summed E-state index contributed by atoms with van der Waals surface area (Å²) in [6.07, 6.45) is 0.0102. The molecular formula is C22H24ClN3O3S. The van der Waals surface area contributed by atoms with Crippen LogP contribution in [0, 0.1) is 0 Å². The van der Waals surface area contributed by atoms with Crippen LogP contribution in [-0.2, 0) is 16.1 Å². The monoisotopic (exact) mass is 445 g/mol. The maximum atomic E-state index is 12.9. The van der Waals surface area contributed by atoms with Crippen molar-refractivity contribution in [1.82, 2.24) is 9.80 Å². The van der Waals surface area contributed by atoms with Crippen LogP contribution in [0.2, 0.25) is 5.02 Å². The van der Waals surface area contributed by atoms with Gasteiger partial charge in [0.15, 0.2) is 5.11 Å². The summed E-state index contributed by atoms with van der Waals surface area (Å²) in [6.45, 7) is 5.25. The van der Waals surface area contributed by atoms with Crippen LogP contribution in [0.5, 0.6) is 5.75 Å². The number of hydrogen-bond acceptors (Lipinski definition) is 4. The van der Waals surface area contributed by atoms with E-state index >= 15 is 0 Å².